The summed E-state index contributed by atoms with van der Waals surface area (Å²) in [6.45, 7) is 14.9. The fraction of sp³-hybridized carbons (Fsp3) is 0.441. The molecule has 2 saturated heterocycles. The van der Waals surface area contributed by atoms with E-state index >= 15 is 0 Å². The zero-order valence-corrected chi connectivity index (χ0v) is 29.6. The number of benzene rings is 2. The molecule has 0 bridgehead atoms. The van der Waals surface area contributed by atoms with Gasteiger partial charge in [0.25, 0.3) is 0 Å². The number of rotatable bonds is 10. The Morgan fingerprint density at radius 2 is 1.76 bits per heavy atom. The number of pyridine rings is 1. The third-order valence-corrected chi connectivity index (χ3v) is 11.0. The third-order valence-electron chi connectivity index (χ3n) is 8.86. The summed E-state index contributed by atoms with van der Waals surface area (Å²) in [4.78, 5) is 19.2. The molecule has 2 aromatic heterocycles. The van der Waals surface area contributed by atoms with Gasteiger partial charge in [-0.2, -0.15) is 4.98 Å². The normalized spacial score (nSPS) is 16.5. The van der Waals surface area contributed by atoms with E-state index in [1.54, 1.807) is 25.7 Å². The SMILES string of the molecule is CCOc1cc(N2CCC(N3CCNCC3)CC2)c(CC)cc1Nc1ncc(Br)c(Nc2cnc3ccccc3c2P(C)(C)=O)n1. The number of aryl methyl sites for hydroxylation is 1. The largest absolute Gasteiger partial charge is 0.492 e. The molecule has 2 aliphatic heterocycles. The molecule has 0 atom stereocenters. The average Bonchev–Trinajstić information content (AvgIpc) is 3.06. The first-order valence-corrected chi connectivity index (χ1v) is 19.6. The number of piperidine rings is 1. The first kappa shape index (κ1) is 32.7. The lowest BCUT2D eigenvalue weighted by Crippen LogP contribution is -2.52. The third kappa shape index (κ3) is 7.18. The molecule has 0 saturated carbocycles. The molecule has 4 heterocycles. The van der Waals surface area contributed by atoms with Crippen molar-refractivity contribution < 1.29 is 9.30 Å². The molecule has 46 heavy (non-hydrogen) atoms. The number of piperazine rings is 1. The second-order valence-corrected chi connectivity index (χ2v) is 16.3. The molecule has 0 aliphatic carbocycles. The van der Waals surface area contributed by atoms with Crippen LogP contribution in [0, 0.1) is 0 Å². The number of nitrogens with one attached hydrogen (secondary N) is 3. The van der Waals surface area contributed by atoms with Gasteiger partial charge < -0.3 is 30.2 Å². The zero-order chi connectivity index (χ0) is 32.3. The van der Waals surface area contributed by atoms with Gasteiger partial charge in [0, 0.05) is 74.0 Å². The molecule has 244 valence electrons. The lowest BCUT2D eigenvalue weighted by atomic mass is 9.99. The maximum absolute atomic E-state index is 13.5. The van der Waals surface area contributed by atoms with Crippen LogP contribution in [0.3, 0.4) is 0 Å². The monoisotopic (exact) mass is 706 g/mol. The second kappa shape index (κ2) is 14.3. The molecule has 2 fully saturated rings. The standard InChI is InChI=1S/C34H44BrN8O2P/c1-5-23-19-28(31(45-6-2)20-30(23)43-15-11-24(12-16-43)42-17-13-36-14-18-42)40-34-38-21-26(35)33(41-34)39-29-22-37-27-10-8-7-9-25(27)32(29)46(3,4)44/h7-10,19-22,24,36H,5-6,11-18H2,1-4H3,(H2,38,39,40,41). The molecule has 0 radical (unpaired) electrons. The van der Waals surface area contributed by atoms with Gasteiger partial charge in [0.15, 0.2) is 0 Å². The van der Waals surface area contributed by atoms with Crippen LogP contribution in [0.4, 0.5) is 28.8 Å². The molecule has 3 N–H and O–H groups in total. The van der Waals surface area contributed by atoms with Crippen LogP contribution in [0.15, 0.2) is 53.3 Å². The van der Waals surface area contributed by atoms with Crippen LogP contribution >= 0.6 is 23.1 Å². The second-order valence-electron chi connectivity index (χ2n) is 12.3. The lowest BCUT2D eigenvalue weighted by Gasteiger charge is -2.41. The van der Waals surface area contributed by atoms with Crippen LogP contribution in [0.5, 0.6) is 5.75 Å². The average molecular weight is 708 g/mol. The van der Waals surface area contributed by atoms with Crippen molar-refractivity contribution in [3.63, 3.8) is 0 Å². The maximum Gasteiger partial charge on any atom is 0.229 e. The van der Waals surface area contributed by atoms with E-state index in [2.05, 4.69) is 70.7 Å². The van der Waals surface area contributed by atoms with Crippen LogP contribution < -0.4 is 30.9 Å². The Bertz CT molecular complexity index is 1730. The van der Waals surface area contributed by atoms with Gasteiger partial charge >= 0.3 is 0 Å². The van der Waals surface area contributed by atoms with E-state index < -0.39 is 7.14 Å². The topological polar surface area (TPSA) is 108 Å². The Morgan fingerprint density at radius 1 is 1.00 bits per heavy atom. The first-order chi connectivity index (χ1) is 22.2. The van der Waals surface area contributed by atoms with E-state index in [4.69, 9.17) is 9.72 Å². The molecule has 0 spiro atoms. The Hall–Kier alpha value is -3.24. The minimum Gasteiger partial charge on any atom is -0.492 e. The summed E-state index contributed by atoms with van der Waals surface area (Å²) >= 11 is 3.60. The molecule has 10 nitrogen and oxygen atoms in total. The Morgan fingerprint density at radius 3 is 2.48 bits per heavy atom. The van der Waals surface area contributed by atoms with Crippen molar-refractivity contribution in [1.82, 2.24) is 25.2 Å². The molecular weight excluding hydrogens is 663 g/mol. The fourth-order valence-corrected chi connectivity index (χ4v) is 8.40. The molecule has 2 aromatic carbocycles. The summed E-state index contributed by atoms with van der Waals surface area (Å²) in [5, 5.41) is 11.9. The van der Waals surface area contributed by atoms with Crippen molar-refractivity contribution in [3.05, 3.63) is 58.8 Å². The van der Waals surface area contributed by atoms with Gasteiger partial charge in [-0.05, 0) is 73.1 Å². The number of hydrogen-bond donors (Lipinski definition) is 3. The molecular formula is C34H44BrN8O2P. The smallest absolute Gasteiger partial charge is 0.229 e. The van der Waals surface area contributed by atoms with Crippen LogP contribution in [0.2, 0.25) is 0 Å². The zero-order valence-electron chi connectivity index (χ0n) is 27.1. The minimum absolute atomic E-state index is 0.421. The Balaban J connectivity index is 1.26. The van der Waals surface area contributed by atoms with Crippen LogP contribution in [-0.2, 0) is 11.0 Å². The van der Waals surface area contributed by atoms with Gasteiger partial charge in [0.1, 0.15) is 18.7 Å². The van der Waals surface area contributed by atoms with E-state index in [0.717, 1.165) is 73.3 Å². The predicted octanol–water partition coefficient (Wildman–Crippen LogP) is 6.36. The van der Waals surface area contributed by atoms with E-state index in [0.29, 0.717) is 34.6 Å². The Kier molecular flexibility index (Phi) is 10.1. The van der Waals surface area contributed by atoms with E-state index in [1.807, 2.05) is 31.2 Å². The number of anilines is 5. The number of aromatic nitrogens is 3. The highest BCUT2D eigenvalue weighted by Gasteiger charge is 2.27. The van der Waals surface area contributed by atoms with Gasteiger partial charge in [-0.15, -0.1) is 0 Å². The first-order valence-electron chi connectivity index (χ1n) is 16.2. The quantitative estimate of drug-likeness (QED) is 0.161. The fourth-order valence-electron chi connectivity index (χ4n) is 6.64. The van der Waals surface area contributed by atoms with E-state index in [9.17, 15) is 4.57 Å². The van der Waals surface area contributed by atoms with Gasteiger partial charge in [0.05, 0.1) is 34.2 Å². The summed E-state index contributed by atoms with van der Waals surface area (Å²) < 4.78 is 20.3. The van der Waals surface area contributed by atoms with Gasteiger partial charge in [-0.3, -0.25) is 9.88 Å². The van der Waals surface area contributed by atoms with Gasteiger partial charge in [-0.25, -0.2) is 4.98 Å². The van der Waals surface area contributed by atoms with Crippen molar-refractivity contribution in [1.29, 1.82) is 0 Å². The number of nitrogens with zero attached hydrogens (tertiary/aromatic N) is 5. The van der Waals surface area contributed by atoms with Crippen molar-refractivity contribution in [2.75, 3.05) is 74.7 Å². The number of ether oxygens (including phenoxy) is 1. The molecule has 4 aromatic rings. The molecule has 2 aliphatic rings. The van der Waals surface area contributed by atoms with E-state index in [1.165, 1.54) is 24.1 Å². The molecule has 0 unspecified atom stereocenters. The molecule has 6 rings (SSSR count). The molecule has 12 heteroatoms. The number of halogens is 1. The summed E-state index contributed by atoms with van der Waals surface area (Å²) in [6.07, 6.45) is 6.69. The van der Waals surface area contributed by atoms with Crippen molar-refractivity contribution >= 4 is 68.1 Å². The summed E-state index contributed by atoms with van der Waals surface area (Å²) in [5.41, 5.74) is 4.79. The predicted molar refractivity (Wildman–Crippen MR) is 194 cm³/mol. The van der Waals surface area contributed by atoms with Crippen molar-refractivity contribution in [2.24, 2.45) is 0 Å². The van der Waals surface area contributed by atoms with Crippen LogP contribution in [0.25, 0.3) is 10.9 Å². The van der Waals surface area contributed by atoms with Gasteiger partial charge in [-0.1, -0.05) is 25.1 Å². The minimum atomic E-state index is -2.67. The van der Waals surface area contributed by atoms with E-state index in [-0.39, 0.29) is 0 Å². The highest BCUT2D eigenvalue weighted by atomic mass is 79.9. The summed E-state index contributed by atoms with van der Waals surface area (Å²) in [5.74, 6) is 1.74. The number of hydrogen-bond acceptors (Lipinski definition) is 10. The molecule has 0 amide bonds. The maximum atomic E-state index is 13.5. The Labute approximate surface area is 280 Å². The van der Waals surface area contributed by atoms with Crippen molar-refractivity contribution in [2.45, 2.75) is 39.2 Å². The lowest BCUT2D eigenvalue weighted by molar-refractivity contribution is 0.150. The van der Waals surface area contributed by atoms with Crippen LogP contribution in [-0.4, -0.2) is 85.1 Å². The highest BCUT2D eigenvalue weighted by Crippen LogP contribution is 2.42. The van der Waals surface area contributed by atoms with Crippen LogP contribution in [0.1, 0.15) is 32.3 Å². The number of para-hydroxylation sites is 1. The van der Waals surface area contributed by atoms with Crippen molar-refractivity contribution in [3.8, 4) is 5.75 Å². The number of fused-ring (bicyclic) bond motifs is 1. The highest BCUT2D eigenvalue weighted by molar-refractivity contribution is 9.10. The van der Waals surface area contributed by atoms with Gasteiger partial charge in [0.2, 0.25) is 5.95 Å². The summed E-state index contributed by atoms with van der Waals surface area (Å²) in [7, 11) is -2.67. The summed E-state index contributed by atoms with van der Waals surface area (Å²) in [6, 6.07) is 12.8.